The van der Waals surface area contributed by atoms with Gasteiger partial charge in [0.2, 0.25) is 0 Å². The Bertz CT molecular complexity index is 501. The van der Waals surface area contributed by atoms with Gasteiger partial charge < -0.3 is 0 Å². The zero-order valence-corrected chi connectivity index (χ0v) is 14.0. The van der Waals surface area contributed by atoms with E-state index < -0.39 is 8.07 Å². The van der Waals surface area contributed by atoms with E-state index in [1.807, 2.05) is 0 Å². The van der Waals surface area contributed by atoms with Gasteiger partial charge in [0.05, 0.1) is 0 Å². The smallest absolute Gasteiger partial charge is 0.0626 e. The molecule has 2 rings (SSSR count). The van der Waals surface area contributed by atoms with E-state index >= 15 is 0 Å². The molecule has 0 aromatic heterocycles. The lowest BCUT2D eigenvalue weighted by atomic mass is 10.4. The standard InChI is InChI=1S/C14H14Br2Si/c1-17(2,13-6-4-3-5-7-13)14-9-11(15)8-12(16)10-14/h3-10H,1-2H3. The predicted octanol–water partition coefficient (Wildman–Crippen LogP) is 4.03. The lowest BCUT2D eigenvalue weighted by Crippen LogP contribution is -2.52. The van der Waals surface area contributed by atoms with Crippen LogP contribution in [-0.2, 0) is 0 Å². The van der Waals surface area contributed by atoms with Gasteiger partial charge in [-0.1, -0.05) is 85.7 Å². The topological polar surface area (TPSA) is 0 Å². The minimum atomic E-state index is -1.58. The summed E-state index contributed by atoms with van der Waals surface area (Å²) in [5.41, 5.74) is 0. The quantitative estimate of drug-likeness (QED) is 0.701. The monoisotopic (exact) mass is 368 g/mol. The average Bonchev–Trinajstić information content (AvgIpc) is 2.29. The fourth-order valence-corrected chi connectivity index (χ4v) is 6.04. The second-order valence-electron chi connectivity index (χ2n) is 4.65. The van der Waals surface area contributed by atoms with Crippen molar-refractivity contribution in [1.29, 1.82) is 0 Å². The normalized spacial score (nSPS) is 11.5. The summed E-state index contributed by atoms with van der Waals surface area (Å²) in [6.07, 6.45) is 0. The first-order valence-corrected chi connectivity index (χ1v) is 10.1. The van der Waals surface area contributed by atoms with Gasteiger partial charge in [-0.3, -0.25) is 0 Å². The van der Waals surface area contributed by atoms with Crippen LogP contribution in [0.4, 0.5) is 0 Å². The minimum absolute atomic E-state index is 1.14. The van der Waals surface area contributed by atoms with E-state index in [0.29, 0.717) is 0 Å². The van der Waals surface area contributed by atoms with E-state index in [4.69, 9.17) is 0 Å². The van der Waals surface area contributed by atoms with E-state index in [0.717, 1.165) is 8.95 Å². The molecule has 0 saturated carbocycles. The maximum Gasteiger partial charge on any atom is 0.112 e. The van der Waals surface area contributed by atoms with Gasteiger partial charge >= 0.3 is 0 Å². The summed E-state index contributed by atoms with van der Waals surface area (Å²) in [5.74, 6) is 0. The van der Waals surface area contributed by atoms with Crippen molar-refractivity contribution in [2.75, 3.05) is 0 Å². The fourth-order valence-electron chi connectivity index (χ4n) is 1.94. The van der Waals surface area contributed by atoms with E-state index in [1.165, 1.54) is 10.4 Å². The highest BCUT2D eigenvalue weighted by atomic mass is 79.9. The summed E-state index contributed by atoms with van der Waals surface area (Å²) < 4.78 is 2.27. The van der Waals surface area contributed by atoms with Gasteiger partial charge in [0, 0.05) is 8.95 Å². The molecule has 2 aromatic carbocycles. The molecule has 0 radical (unpaired) electrons. The van der Waals surface area contributed by atoms with E-state index in [2.05, 4.69) is 93.5 Å². The summed E-state index contributed by atoms with van der Waals surface area (Å²) in [5, 5.41) is 2.90. The molecule has 3 heteroatoms. The molecule has 0 unspecified atom stereocenters. The highest BCUT2D eigenvalue weighted by molar-refractivity contribution is 9.11. The number of rotatable bonds is 2. The second kappa shape index (κ2) is 5.08. The molecule has 0 fully saturated rings. The molecular formula is C14H14Br2Si. The highest BCUT2D eigenvalue weighted by Gasteiger charge is 2.26. The number of hydrogen-bond acceptors (Lipinski definition) is 0. The molecule has 0 N–H and O–H groups in total. The van der Waals surface area contributed by atoms with Crippen molar-refractivity contribution in [3.05, 3.63) is 57.5 Å². The van der Waals surface area contributed by atoms with Crippen molar-refractivity contribution in [3.8, 4) is 0 Å². The summed E-state index contributed by atoms with van der Waals surface area (Å²) in [6, 6.07) is 17.4. The maximum absolute atomic E-state index is 3.57. The predicted molar refractivity (Wildman–Crippen MR) is 85.0 cm³/mol. The maximum atomic E-state index is 3.57. The van der Waals surface area contributed by atoms with Crippen molar-refractivity contribution >= 4 is 50.3 Å². The highest BCUT2D eigenvalue weighted by Crippen LogP contribution is 2.18. The van der Waals surface area contributed by atoms with Crippen LogP contribution in [0.1, 0.15) is 0 Å². The molecule has 0 spiro atoms. The molecule has 88 valence electrons. The Hall–Kier alpha value is -0.383. The fraction of sp³-hybridized carbons (Fsp3) is 0.143. The third-order valence-corrected chi connectivity index (χ3v) is 7.50. The zero-order chi connectivity index (χ0) is 12.5. The van der Waals surface area contributed by atoms with E-state index in [1.54, 1.807) is 0 Å². The van der Waals surface area contributed by atoms with Crippen LogP contribution >= 0.6 is 31.9 Å². The van der Waals surface area contributed by atoms with Crippen LogP contribution in [0.2, 0.25) is 13.1 Å². The van der Waals surface area contributed by atoms with Gasteiger partial charge in [-0.05, 0) is 18.2 Å². The summed E-state index contributed by atoms with van der Waals surface area (Å²) in [7, 11) is -1.58. The first-order valence-electron chi connectivity index (χ1n) is 5.52. The first kappa shape index (κ1) is 13.1. The van der Waals surface area contributed by atoms with E-state index in [9.17, 15) is 0 Å². The largest absolute Gasteiger partial charge is 0.112 e. The Balaban J connectivity index is 2.51. The van der Waals surface area contributed by atoms with Gasteiger partial charge in [-0.15, -0.1) is 0 Å². The Labute approximate surface area is 120 Å². The molecule has 0 amide bonds. The Morgan fingerprint density at radius 3 is 1.82 bits per heavy atom. The third-order valence-electron chi connectivity index (χ3n) is 3.08. The first-order chi connectivity index (χ1) is 8.00. The molecular weight excluding hydrogens is 356 g/mol. The van der Waals surface area contributed by atoms with Gasteiger partial charge in [0.1, 0.15) is 8.07 Å². The summed E-state index contributed by atoms with van der Waals surface area (Å²) >= 11 is 7.14. The van der Waals surface area contributed by atoms with Crippen LogP contribution in [0.5, 0.6) is 0 Å². The van der Waals surface area contributed by atoms with Crippen LogP contribution in [0.15, 0.2) is 57.5 Å². The molecule has 0 nitrogen and oxygen atoms in total. The van der Waals surface area contributed by atoms with Crippen molar-refractivity contribution in [2.45, 2.75) is 13.1 Å². The van der Waals surface area contributed by atoms with Crippen LogP contribution < -0.4 is 10.4 Å². The van der Waals surface area contributed by atoms with Crippen LogP contribution in [0, 0.1) is 0 Å². The molecule has 0 aliphatic carbocycles. The molecule has 0 aliphatic rings. The van der Waals surface area contributed by atoms with Crippen LogP contribution in [-0.4, -0.2) is 8.07 Å². The van der Waals surface area contributed by atoms with Gasteiger partial charge in [-0.2, -0.15) is 0 Å². The number of benzene rings is 2. The van der Waals surface area contributed by atoms with Crippen LogP contribution in [0.3, 0.4) is 0 Å². The van der Waals surface area contributed by atoms with Gasteiger partial charge in [-0.25, -0.2) is 0 Å². The molecule has 2 aromatic rings. The summed E-state index contributed by atoms with van der Waals surface area (Å²) in [4.78, 5) is 0. The summed E-state index contributed by atoms with van der Waals surface area (Å²) in [6.45, 7) is 4.77. The Morgan fingerprint density at radius 2 is 1.29 bits per heavy atom. The SMILES string of the molecule is C[Si](C)(c1ccccc1)c1cc(Br)cc(Br)c1. The molecule has 17 heavy (non-hydrogen) atoms. The molecule has 0 bridgehead atoms. The third kappa shape index (κ3) is 2.90. The average molecular weight is 370 g/mol. The van der Waals surface area contributed by atoms with Crippen molar-refractivity contribution in [2.24, 2.45) is 0 Å². The van der Waals surface area contributed by atoms with E-state index in [-0.39, 0.29) is 0 Å². The van der Waals surface area contributed by atoms with Gasteiger partial charge in [0.25, 0.3) is 0 Å². The van der Waals surface area contributed by atoms with Crippen molar-refractivity contribution in [3.63, 3.8) is 0 Å². The number of halogens is 2. The van der Waals surface area contributed by atoms with Crippen LogP contribution in [0.25, 0.3) is 0 Å². The lowest BCUT2D eigenvalue weighted by Gasteiger charge is -2.24. The Morgan fingerprint density at radius 1 is 0.765 bits per heavy atom. The Kier molecular flexibility index (Phi) is 3.91. The number of hydrogen-bond donors (Lipinski definition) is 0. The molecule has 0 aliphatic heterocycles. The van der Waals surface area contributed by atoms with Crippen molar-refractivity contribution < 1.29 is 0 Å². The molecule has 0 saturated heterocycles. The molecule has 0 atom stereocenters. The van der Waals surface area contributed by atoms with Gasteiger partial charge in [0.15, 0.2) is 0 Å². The lowest BCUT2D eigenvalue weighted by molar-refractivity contribution is 1.61. The second-order valence-corrected chi connectivity index (χ2v) is 10.9. The van der Waals surface area contributed by atoms with Crippen molar-refractivity contribution in [1.82, 2.24) is 0 Å². The minimum Gasteiger partial charge on any atom is -0.0626 e. The zero-order valence-electron chi connectivity index (χ0n) is 9.87. The molecule has 0 heterocycles.